The number of nitrogens with one attached hydrogen (secondary N) is 1. The van der Waals surface area contributed by atoms with Gasteiger partial charge in [-0.15, -0.1) is 0 Å². The van der Waals surface area contributed by atoms with Crippen LogP contribution in [-0.4, -0.2) is 23.0 Å². The Morgan fingerprint density at radius 2 is 1.85 bits per heavy atom. The molecule has 2 aliphatic rings. The second-order valence-electron chi connectivity index (χ2n) is 5.85. The molecule has 1 amide bonds. The van der Waals surface area contributed by atoms with Crippen LogP contribution >= 0.6 is 0 Å². The Morgan fingerprint density at radius 3 is 2.50 bits per heavy atom. The second kappa shape index (κ2) is 5.27. The van der Waals surface area contributed by atoms with E-state index in [0.29, 0.717) is 12.3 Å². The van der Waals surface area contributed by atoms with Crippen LogP contribution in [0.15, 0.2) is 30.3 Å². The quantitative estimate of drug-likeness (QED) is 0.883. The largest absolute Gasteiger partial charge is 0.481 e. The lowest BCUT2D eigenvalue weighted by Crippen LogP contribution is -2.38. The maximum Gasteiger partial charge on any atom is 0.307 e. The van der Waals surface area contributed by atoms with E-state index in [-0.39, 0.29) is 17.9 Å². The molecule has 0 spiro atoms. The number of carbonyl (C=O) groups is 2. The monoisotopic (exact) mass is 273 g/mol. The standard InChI is InChI=1S/C16H19NO3/c18-15(12-9-13(12)16(19)20)17-14-8-4-7-11(14)10-5-2-1-3-6-10/h1-3,5-6,11-14H,4,7-9H2,(H,17,18)(H,19,20)/t11-,12?,13?,14+/m0/s1. The summed E-state index contributed by atoms with van der Waals surface area (Å²) in [6.07, 6.45) is 3.67. The van der Waals surface area contributed by atoms with E-state index in [0.717, 1.165) is 19.3 Å². The Hall–Kier alpha value is -1.84. The van der Waals surface area contributed by atoms with Crippen molar-refractivity contribution in [3.63, 3.8) is 0 Å². The molecule has 3 rings (SSSR count). The van der Waals surface area contributed by atoms with Gasteiger partial charge in [-0.3, -0.25) is 9.59 Å². The topological polar surface area (TPSA) is 66.4 Å². The maximum absolute atomic E-state index is 12.1. The van der Waals surface area contributed by atoms with Gasteiger partial charge in [-0.1, -0.05) is 36.8 Å². The maximum atomic E-state index is 12.1. The fraction of sp³-hybridized carbons (Fsp3) is 0.500. The summed E-state index contributed by atoms with van der Waals surface area (Å²) >= 11 is 0. The summed E-state index contributed by atoms with van der Waals surface area (Å²) < 4.78 is 0. The molecule has 106 valence electrons. The highest BCUT2D eigenvalue weighted by Gasteiger charge is 2.49. The van der Waals surface area contributed by atoms with Crippen molar-refractivity contribution in [2.45, 2.75) is 37.6 Å². The van der Waals surface area contributed by atoms with Crippen LogP contribution in [0, 0.1) is 11.8 Å². The van der Waals surface area contributed by atoms with Crippen molar-refractivity contribution in [2.24, 2.45) is 11.8 Å². The molecule has 0 heterocycles. The minimum atomic E-state index is -0.851. The van der Waals surface area contributed by atoms with Crippen LogP contribution in [0.3, 0.4) is 0 Å². The molecule has 0 aliphatic heterocycles. The van der Waals surface area contributed by atoms with Crippen LogP contribution in [0.25, 0.3) is 0 Å². The van der Waals surface area contributed by atoms with Crippen LogP contribution in [0.2, 0.25) is 0 Å². The van der Waals surface area contributed by atoms with Gasteiger partial charge >= 0.3 is 5.97 Å². The van der Waals surface area contributed by atoms with E-state index in [1.807, 2.05) is 18.2 Å². The van der Waals surface area contributed by atoms with Crippen molar-refractivity contribution in [3.8, 4) is 0 Å². The Morgan fingerprint density at radius 1 is 1.10 bits per heavy atom. The fourth-order valence-electron chi connectivity index (χ4n) is 3.28. The highest BCUT2D eigenvalue weighted by Crippen LogP contribution is 2.40. The zero-order valence-electron chi connectivity index (χ0n) is 11.3. The number of aliphatic carboxylic acids is 1. The number of amides is 1. The van der Waals surface area contributed by atoms with Gasteiger partial charge in [-0.2, -0.15) is 0 Å². The Balaban J connectivity index is 1.62. The van der Waals surface area contributed by atoms with Crippen molar-refractivity contribution < 1.29 is 14.7 Å². The van der Waals surface area contributed by atoms with Crippen molar-refractivity contribution in [2.75, 3.05) is 0 Å². The lowest BCUT2D eigenvalue weighted by molar-refractivity contribution is -0.140. The van der Waals surface area contributed by atoms with Gasteiger partial charge in [0.05, 0.1) is 11.8 Å². The molecule has 2 fully saturated rings. The van der Waals surface area contributed by atoms with E-state index in [2.05, 4.69) is 17.4 Å². The summed E-state index contributed by atoms with van der Waals surface area (Å²) in [5.74, 6) is -1.35. The number of hydrogen-bond acceptors (Lipinski definition) is 2. The first-order valence-corrected chi connectivity index (χ1v) is 7.25. The van der Waals surface area contributed by atoms with Gasteiger partial charge in [-0.25, -0.2) is 0 Å². The van der Waals surface area contributed by atoms with Crippen molar-refractivity contribution in [3.05, 3.63) is 35.9 Å². The minimum absolute atomic E-state index is 0.0785. The minimum Gasteiger partial charge on any atom is -0.481 e. The first kappa shape index (κ1) is 13.2. The third-order valence-corrected chi connectivity index (χ3v) is 4.52. The molecule has 0 bridgehead atoms. The van der Waals surface area contributed by atoms with Gasteiger partial charge < -0.3 is 10.4 Å². The highest BCUT2D eigenvalue weighted by molar-refractivity contribution is 5.89. The smallest absolute Gasteiger partial charge is 0.307 e. The molecule has 0 saturated heterocycles. The van der Waals surface area contributed by atoms with E-state index >= 15 is 0 Å². The molecule has 2 aliphatic carbocycles. The molecule has 2 unspecified atom stereocenters. The van der Waals surface area contributed by atoms with Crippen LogP contribution in [0.1, 0.15) is 37.2 Å². The molecule has 1 aromatic rings. The third kappa shape index (κ3) is 2.55. The molecule has 2 N–H and O–H groups in total. The zero-order chi connectivity index (χ0) is 14.1. The average molecular weight is 273 g/mol. The lowest BCUT2D eigenvalue weighted by atomic mass is 9.94. The van der Waals surface area contributed by atoms with Gasteiger partial charge in [0, 0.05) is 12.0 Å². The van der Waals surface area contributed by atoms with Gasteiger partial charge in [0.2, 0.25) is 5.91 Å². The third-order valence-electron chi connectivity index (χ3n) is 4.52. The van der Waals surface area contributed by atoms with Crippen molar-refractivity contribution in [1.82, 2.24) is 5.32 Å². The van der Waals surface area contributed by atoms with Gasteiger partial charge in [0.15, 0.2) is 0 Å². The summed E-state index contributed by atoms with van der Waals surface area (Å²) in [5.41, 5.74) is 1.26. The molecule has 4 atom stereocenters. The molecular formula is C16H19NO3. The molecule has 20 heavy (non-hydrogen) atoms. The zero-order valence-corrected chi connectivity index (χ0v) is 11.3. The molecule has 4 nitrogen and oxygen atoms in total. The predicted molar refractivity (Wildman–Crippen MR) is 74.2 cm³/mol. The number of carbonyl (C=O) groups excluding carboxylic acids is 1. The van der Waals surface area contributed by atoms with Crippen LogP contribution < -0.4 is 5.32 Å². The van der Waals surface area contributed by atoms with Crippen LogP contribution in [0.5, 0.6) is 0 Å². The summed E-state index contributed by atoms with van der Waals surface area (Å²) in [7, 11) is 0. The lowest BCUT2D eigenvalue weighted by Gasteiger charge is -2.21. The molecular weight excluding hydrogens is 254 g/mol. The average Bonchev–Trinajstić information content (AvgIpc) is 3.14. The predicted octanol–water partition coefficient (Wildman–Crippen LogP) is 2.16. The summed E-state index contributed by atoms with van der Waals surface area (Å²) in [6.45, 7) is 0. The normalized spacial score (nSPS) is 31.8. The van der Waals surface area contributed by atoms with Gasteiger partial charge in [-0.05, 0) is 24.8 Å². The van der Waals surface area contributed by atoms with Crippen molar-refractivity contribution >= 4 is 11.9 Å². The van der Waals surface area contributed by atoms with E-state index in [9.17, 15) is 9.59 Å². The molecule has 1 aromatic carbocycles. The Labute approximate surface area is 118 Å². The van der Waals surface area contributed by atoms with Crippen molar-refractivity contribution in [1.29, 1.82) is 0 Å². The van der Waals surface area contributed by atoms with E-state index in [1.54, 1.807) is 0 Å². The SMILES string of the molecule is O=C(O)C1CC1C(=O)N[C@@H]1CCC[C@H]1c1ccccc1. The van der Waals surface area contributed by atoms with E-state index in [4.69, 9.17) is 5.11 Å². The van der Waals surface area contributed by atoms with E-state index in [1.165, 1.54) is 5.56 Å². The Kier molecular flexibility index (Phi) is 3.47. The fourth-order valence-corrected chi connectivity index (χ4v) is 3.28. The van der Waals surface area contributed by atoms with Crippen LogP contribution in [0.4, 0.5) is 0 Å². The summed E-state index contributed by atoms with van der Waals surface area (Å²) in [5, 5.41) is 12.0. The number of carboxylic acids is 1. The highest BCUT2D eigenvalue weighted by atomic mass is 16.4. The molecule has 0 radical (unpaired) electrons. The second-order valence-corrected chi connectivity index (χ2v) is 5.85. The Bertz CT molecular complexity index is 514. The number of carboxylic acid groups (broad SMARTS) is 1. The number of hydrogen-bond donors (Lipinski definition) is 2. The summed E-state index contributed by atoms with van der Waals surface area (Å²) in [6, 6.07) is 10.4. The number of rotatable bonds is 4. The van der Waals surface area contributed by atoms with Crippen LogP contribution in [-0.2, 0) is 9.59 Å². The molecule has 0 aromatic heterocycles. The van der Waals surface area contributed by atoms with E-state index < -0.39 is 11.9 Å². The summed E-state index contributed by atoms with van der Waals surface area (Å²) in [4.78, 5) is 22.9. The van der Waals surface area contributed by atoms with Gasteiger partial charge in [0.25, 0.3) is 0 Å². The molecule has 2 saturated carbocycles. The first-order valence-electron chi connectivity index (χ1n) is 7.25. The van der Waals surface area contributed by atoms with Gasteiger partial charge in [0.1, 0.15) is 0 Å². The first-order chi connectivity index (χ1) is 9.66. The molecule has 4 heteroatoms. The number of benzene rings is 1.